The van der Waals surface area contributed by atoms with E-state index in [0.717, 1.165) is 53.5 Å². The standard InChI is InChI=1S/C32H37FN2O3/c1-5-15-34(16-6-2)32(36)20-29(24-17-26(37-3)19-27(18-24)38-4)30-22-35(31-10-8-7-9-28(30)31)21-23-11-13-25(33)14-12-23/h7-14,17-19,22,29H,5-6,15-16,20-21H2,1-4H3/t29-/m0/s1. The van der Waals surface area contributed by atoms with Gasteiger partial charge >= 0.3 is 0 Å². The summed E-state index contributed by atoms with van der Waals surface area (Å²) < 4.78 is 26.9. The summed E-state index contributed by atoms with van der Waals surface area (Å²) in [7, 11) is 3.27. The van der Waals surface area contributed by atoms with Crippen LogP contribution in [0.15, 0.2) is 72.9 Å². The zero-order chi connectivity index (χ0) is 27.1. The van der Waals surface area contributed by atoms with Crippen LogP contribution in [0.25, 0.3) is 10.9 Å². The van der Waals surface area contributed by atoms with Crippen LogP contribution in [0.5, 0.6) is 11.5 Å². The first-order valence-electron chi connectivity index (χ1n) is 13.3. The monoisotopic (exact) mass is 516 g/mol. The van der Waals surface area contributed by atoms with Crippen molar-refractivity contribution in [3.05, 3.63) is 95.4 Å². The van der Waals surface area contributed by atoms with Gasteiger partial charge in [-0.3, -0.25) is 4.79 Å². The Bertz CT molecular complexity index is 1330. The predicted molar refractivity (Wildman–Crippen MR) is 151 cm³/mol. The molecule has 0 unspecified atom stereocenters. The van der Waals surface area contributed by atoms with E-state index < -0.39 is 0 Å². The number of rotatable bonds is 12. The molecule has 3 aromatic carbocycles. The molecular weight excluding hydrogens is 479 g/mol. The van der Waals surface area contributed by atoms with E-state index in [0.29, 0.717) is 24.5 Å². The summed E-state index contributed by atoms with van der Waals surface area (Å²) in [6, 6.07) is 20.7. The smallest absolute Gasteiger partial charge is 0.223 e. The number of aromatic nitrogens is 1. The third-order valence-corrected chi connectivity index (χ3v) is 6.96. The molecule has 38 heavy (non-hydrogen) atoms. The van der Waals surface area contributed by atoms with Crippen LogP contribution in [-0.2, 0) is 11.3 Å². The summed E-state index contributed by atoms with van der Waals surface area (Å²) in [4.78, 5) is 15.7. The topological polar surface area (TPSA) is 43.7 Å². The van der Waals surface area contributed by atoms with Crippen molar-refractivity contribution in [3.8, 4) is 11.5 Å². The van der Waals surface area contributed by atoms with Crippen molar-refractivity contribution in [1.29, 1.82) is 0 Å². The first kappa shape index (κ1) is 27.2. The largest absolute Gasteiger partial charge is 0.497 e. The fraction of sp³-hybridized carbons (Fsp3) is 0.344. The highest BCUT2D eigenvalue weighted by atomic mass is 19.1. The van der Waals surface area contributed by atoms with Gasteiger partial charge < -0.3 is 18.9 Å². The van der Waals surface area contributed by atoms with Gasteiger partial charge in [-0.15, -0.1) is 0 Å². The molecule has 1 heterocycles. The SMILES string of the molecule is CCCN(CCC)C(=O)C[C@@H](c1cc(OC)cc(OC)c1)c1cn(Cc2ccc(F)cc2)c2ccccc12. The van der Waals surface area contributed by atoms with E-state index in [9.17, 15) is 9.18 Å². The highest BCUT2D eigenvalue weighted by molar-refractivity contribution is 5.87. The number of ether oxygens (including phenoxy) is 2. The molecule has 0 fully saturated rings. The van der Waals surface area contributed by atoms with E-state index in [1.807, 2.05) is 47.4 Å². The Morgan fingerprint density at radius 2 is 1.55 bits per heavy atom. The third-order valence-electron chi connectivity index (χ3n) is 6.96. The molecule has 0 spiro atoms. The Hall–Kier alpha value is -3.80. The Morgan fingerprint density at radius 1 is 0.921 bits per heavy atom. The lowest BCUT2D eigenvalue weighted by Crippen LogP contribution is -2.33. The van der Waals surface area contributed by atoms with Gasteiger partial charge in [0, 0.05) is 55.1 Å². The molecule has 0 aliphatic heterocycles. The lowest BCUT2D eigenvalue weighted by atomic mass is 9.87. The van der Waals surface area contributed by atoms with Crippen LogP contribution in [-0.4, -0.2) is 42.7 Å². The van der Waals surface area contributed by atoms with Crippen molar-refractivity contribution < 1.29 is 18.7 Å². The van der Waals surface area contributed by atoms with Crippen molar-refractivity contribution in [1.82, 2.24) is 9.47 Å². The molecule has 1 aromatic heterocycles. The van der Waals surface area contributed by atoms with Gasteiger partial charge in [-0.25, -0.2) is 4.39 Å². The van der Waals surface area contributed by atoms with Gasteiger partial charge in [0.1, 0.15) is 17.3 Å². The zero-order valence-corrected chi connectivity index (χ0v) is 22.7. The molecule has 4 rings (SSSR count). The first-order valence-corrected chi connectivity index (χ1v) is 13.3. The van der Waals surface area contributed by atoms with Crippen molar-refractivity contribution in [2.24, 2.45) is 0 Å². The number of hydrogen-bond acceptors (Lipinski definition) is 3. The minimum absolute atomic E-state index is 0.135. The molecule has 0 aliphatic carbocycles. The second kappa shape index (κ2) is 12.6. The van der Waals surface area contributed by atoms with Crippen LogP contribution in [0, 0.1) is 5.82 Å². The summed E-state index contributed by atoms with van der Waals surface area (Å²) in [5.41, 5.74) is 4.11. The molecule has 0 bridgehead atoms. The van der Waals surface area contributed by atoms with E-state index in [2.05, 4.69) is 36.7 Å². The Balaban J connectivity index is 1.83. The zero-order valence-electron chi connectivity index (χ0n) is 22.7. The molecule has 1 amide bonds. The molecule has 0 N–H and O–H groups in total. The molecular formula is C32H37FN2O3. The Morgan fingerprint density at radius 3 is 2.16 bits per heavy atom. The van der Waals surface area contributed by atoms with Crippen molar-refractivity contribution >= 4 is 16.8 Å². The van der Waals surface area contributed by atoms with E-state index in [-0.39, 0.29) is 17.6 Å². The third kappa shape index (κ3) is 6.18. The number of nitrogens with zero attached hydrogens (tertiary/aromatic N) is 2. The summed E-state index contributed by atoms with van der Waals surface area (Å²) in [5, 5.41) is 1.09. The number of carbonyl (C=O) groups excluding carboxylic acids is 1. The molecule has 6 heteroatoms. The van der Waals surface area contributed by atoms with E-state index >= 15 is 0 Å². The minimum atomic E-state index is -0.249. The van der Waals surface area contributed by atoms with E-state index in [1.165, 1.54) is 12.1 Å². The Kier molecular flexibility index (Phi) is 9.06. The summed E-state index contributed by atoms with van der Waals surface area (Å²) in [5.74, 6) is 1.05. The number of benzene rings is 3. The van der Waals surface area contributed by atoms with Crippen LogP contribution < -0.4 is 9.47 Å². The molecule has 200 valence electrons. The molecule has 4 aromatic rings. The van der Waals surface area contributed by atoms with Gasteiger partial charge in [-0.1, -0.05) is 44.2 Å². The average Bonchev–Trinajstić information content (AvgIpc) is 3.30. The van der Waals surface area contributed by atoms with Gasteiger partial charge in [0.2, 0.25) is 5.91 Å². The number of amides is 1. The van der Waals surface area contributed by atoms with Crippen LogP contribution in [0.4, 0.5) is 4.39 Å². The number of methoxy groups -OCH3 is 2. The predicted octanol–water partition coefficient (Wildman–Crippen LogP) is 7.02. The van der Waals surface area contributed by atoms with Crippen LogP contribution in [0.2, 0.25) is 0 Å². The first-order chi connectivity index (χ1) is 18.5. The fourth-order valence-electron chi connectivity index (χ4n) is 5.11. The number of para-hydroxylation sites is 1. The summed E-state index contributed by atoms with van der Waals surface area (Å²) >= 11 is 0. The van der Waals surface area contributed by atoms with Crippen LogP contribution in [0.3, 0.4) is 0 Å². The Labute approximate surface area is 224 Å². The minimum Gasteiger partial charge on any atom is -0.497 e. The average molecular weight is 517 g/mol. The van der Waals surface area contributed by atoms with E-state index in [4.69, 9.17) is 9.47 Å². The number of halogens is 1. The summed E-state index contributed by atoms with van der Waals surface area (Å²) in [6.07, 6.45) is 4.31. The normalized spacial score (nSPS) is 11.9. The number of carbonyl (C=O) groups is 1. The number of hydrogen-bond donors (Lipinski definition) is 0. The second-order valence-corrected chi connectivity index (χ2v) is 9.64. The molecule has 0 saturated carbocycles. The molecule has 1 atom stereocenters. The molecule has 0 radical (unpaired) electrons. The quantitative estimate of drug-likeness (QED) is 0.203. The molecule has 5 nitrogen and oxygen atoms in total. The van der Waals surface area contributed by atoms with Gasteiger partial charge in [0.25, 0.3) is 0 Å². The highest BCUT2D eigenvalue weighted by Crippen LogP contribution is 2.38. The van der Waals surface area contributed by atoms with Gasteiger partial charge in [0.05, 0.1) is 14.2 Å². The maximum absolute atomic E-state index is 13.7. The maximum atomic E-state index is 13.7. The number of fused-ring (bicyclic) bond motifs is 1. The fourth-order valence-corrected chi connectivity index (χ4v) is 5.11. The van der Waals surface area contributed by atoms with Gasteiger partial charge in [0.15, 0.2) is 0 Å². The van der Waals surface area contributed by atoms with Crippen molar-refractivity contribution in [2.45, 2.75) is 45.6 Å². The maximum Gasteiger partial charge on any atom is 0.223 e. The van der Waals surface area contributed by atoms with Crippen LogP contribution >= 0.6 is 0 Å². The molecule has 0 aliphatic rings. The van der Waals surface area contributed by atoms with E-state index in [1.54, 1.807) is 14.2 Å². The summed E-state index contributed by atoms with van der Waals surface area (Å²) in [6.45, 7) is 6.29. The van der Waals surface area contributed by atoms with Crippen molar-refractivity contribution in [3.63, 3.8) is 0 Å². The van der Waals surface area contributed by atoms with Crippen molar-refractivity contribution in [2.75, 3.05) is 27.3 Å². The second-order valence-electron chi connectivity index (χ2n) is 9.64. The lowest BCUT2D eigenvalue weighted by Gasteiger charge is -2.25. The highest BCUT2D eigenvalue weighted by Gasteiger charge is 2.26. The van der Waals surface area contributed by atoms with Gasteiger partial charge in [-0.2, -0.15) is 0 Å². The van der Waals surface area contributed by atoms with Crippen LogP contribution in [0.1, 0.15) is 55.7 Å². The molecule has 0 saturated heterocycles. The van der Waals surface area contributed by atoms with Gasteiger partial charge in [-0.05, 0) is 59.9 Å². The lowest BCUT2D eigenvalue weighted by molar-refractivity contribution is -0.131.